The van der Waals surface area contributed by atoms with Gasteiger partial charge in [0.15, 0.2) is 0 Å². The van der Waals surface area contributed by atoms with Crippen molar-refractivity contribution in [2.75, 3.05) is 33.4 Å². The molecular formula is C20H33N2O4P. The number of aliphatic hydroxyl groups excluding tert-OH is 1. The second-order valence-corrected chi connectivity index (χ2v) is 12.5. The molecule has 152 valence electrons. The van der Waals surface area contributed by atoms with E-state index in [1.165, 1.54) is 0 Å². The van der Waals surface area contributed by atoms with Gasteiger partial charge in [0.1, 0.15) is 0 Å². The van der Waals surface area contributed by atoms with Crippen LogP contribution in [0.1, 0.15) is 39.1 Å². The molecule has 3 aliphatic heterocycles. The molecule has 3 aliphatic rings. The van der Waals surface area contributed by atoms with Crippen LogP contribution in [0.15, 0.2) is 24.3 Å². The normalized spacial score (nSPS) is 32.2. The molecule has 4 rings (SSSR count). The molecule has 1 aromatic carbocycles. The van der Waals surface area contributed by atoms with Gasteiger partial charge in [-0.15, -0.1) is 0 Å². The van der Waals surface area contributed by atoms with Gasteiger partial charge in [0.05, 0.1) is 0 Å². The SMILES string of the molecule is COc1ccccc1[C@H](O)P123OC[C@H](C(C)C)N1CCN2[C@@H](C(C)C)CO3. The summed E-state index contributed by atoms with van der Waals surface area (Å²) in [6.07, 6.45) is 0. The molecule has 3 heterocycles. The van der Waals surface area contributed by atoms with Crippen LogP contribution in [0.4, 0.5) is 0 Å². The third-order valence-corrected chi connectivity index (χ3v) is 11.9. The fourth-order valence-corrected chi connectivity index (χ4v) is 11.2. The Labute approximate surface area is 162 Å². The summed E-state index contributed by atoms with van der Waals surface area (Å²) in [5.41, 5.74) is 0.753. The van der Waals surface area contributed by atoms with Crippen molar-refractivity contribution in [2.24, 2.45) is 11.8 Å². The summed E-state index contributed by atoms with van der Waals surface area (Å²) < 4.78 is 23.8. The van der Waals surface area contributed by atoms with Gasteiger partial charge in [0.2, 0.25) is 0 Å². The number of nitrogens with zero attached hydrogens (tertiary/aromatic N) is 2. The zero-order valence-electron chi connectivity index (χ0n) is 17.0. The molecular weight excluding hydrogens is 363 g/mol. The van der Waals surface area contributed by atoms with Gasteiger partial charge >= 0.3 is 162 Å². The van der Waals surface area contributed by atoms with E-state index in [1.54, 1.807) is 7.11 Å². The van der Waals surface area contributed by atoms with E-state index in [0.29, 0.717) is 30.8 Å². The van der Waals surface area contributed by atoms with E-state index in [4.69, 9.17) is 13.8 Å². The molecule has 1 aromatic rings. The maximum absolute atomic E-state index is 11.9. The van der Waals surface area contributed by atoms with Crippen LogP contribution in [0.5, 0.6) is 5.75 Å². The van der Waals surface area contributed by atoms with Crippen LogP contribution >= 0.6 is 7.36 Å². The van der Waals surface area contributed by atoms with Crippen LogP contribution in [0.2, 0.25) is 0 Å². The number of para-hydroxylation sites is 1. The number of hydrogen-bond acceptors (Lipinski definition) is 6. The minimum atomic E-state index is -3.62. The van der Waals surface area contributed by atoms with Crippen molar-refractivity contribution >= 4 is 7.36 Å². The Morgan fingerprint density at radius 2 is 1.52 bits per heavy atom. The van der Waals surface area contributed by atoms with Crippen molar-refractivity contribution in [1.82, 2.24) is 9.34 Å². The Hall–Kier alpha value is -0.750. The van der Waals surface area contributed by atoms with Gasteiger partial charge in [0.25, 0.3) is 0 Å². The quantitative estimate of drug-likeness (QED) is 0.767. The Bertz CT molecular complexity index is 681. The number of ether oxygens (including phenoxy) is 1. The summed E-state index contributed by atoms with van der Waals surface area (Å²) in [5, 5.41) is 11.9. The van der Waals surface area contributed by atoms with E-state index in [9.17, 15) is 5.11 Å². The summed E-state index contributed by atoms with van der Waals surface area (Å²) in [6, 6.07) is 8.20. The first kappa shape index (κ1) is 19.6. The molecule has 1 N–H and O–H groups in total. The molecule has 3 atom stereocenters. The summed E-state index contributed by atoms with van der Waals surface area (Å²) in [4.78, 5) is 0. The van der Waals surface area contributed by atoms with Crippen molar-refractivity contribution in [3.05, 3.63) is 29.8 Å². The Balaban J connectivity index is 1.88. The first-order valence-electron chi connectivity index (χ1n) is 10.0. The number of rotatable bonds is 5. The maximum atomic E-state index is 11.9. The molecule has 3 saturated heterocycles. The number of benzene rings is 1. The molecule has 0 saturated carbocycles. The topological polar surface area (TPSA) is 54.4 Å². The molecule has 27 heavy (non-hydrogen) atoms. The molecule has 0 radical (unpaired) electrons. The molecule has 0 unspecified atom stereocenters. The van der Waals surface area contributed by atoms with Crippen LogP contribution in [0.25, 0.3) is 0 Å². The zero-order chi connectivity index (χ0) is 19.4. The minimum absolute atomic E-state index is 0.253. The molecule has 0 amide bonds. The van der Waals surface area contributed by atoms with Gasteiger partial charge < -0.3 is 0 Å². The van der Waals surface area contributed by atoms with E-state index in [-0.39, 0.29) is 12.1 Å². The molecule has 0 aliphatic carbocycles. The number of aliphatic hydroxyl groups is 1. The summed E-state index contributed by atoms with van der Waals surface area (Å²) >= 11 is 0. The van der Waals surface area contributed by atoms with Crippen LogP contribution in [0.3, 0.4) is 0 Å². The first-order chi connectivity index (χ1) is 12.9. The van der Waals surface area contributed by atoms with Gasteiger partial charge in [-0.05, 0) is 0 Å². The molecule has 0 aromatic heterocycles. The molecule has 1 spiro atoms. The van der Waals surface area contributed by atoms with Crippen molar-refractivity contribution in [3.63, 3.8) is 0 Å². The predicted octanol–water partition coefficient (Wildman–Crippen LogP) is 3.63. The van der Waals surface area contributed by atoms with Gasteiger partial charge in [-0.3, -0.25) is 0 Å². The van der Waals surface area contributed by atoms with Crippen LogP contribution in [-0.4, -0.2) is 59.9 Å². The fourth-order valence-electron chi connectivity index (χ4n) is 5.15. The third kappa shape index (κ3) is 2.41. The van der Waals surface area contributed by atoms with Gasteiger partial charge in [0, 0.05) is 0 Å². The number of hydrogen-bond donors (Lipinski definition) is 1. The third-order valence-electron chi connectivity index (χ3n) is 6.62. The van der Waals surface area contributed by atoms with Crippen LogP contribution in [-0.2, 0) is 9.05 Å². The van der Waals surface area contributed by atoms with Crippen LogP contribution < -0.4 is 4.74 Å². The second kappa shape index (κ2) is 6.65. The van der Waals surface area contributed by atoms with E-state index in [1.807, 2.05) is 24.3 Å². The predicted molar refractivity (Wildman–Crippen MR) is 107 cm³/mol. The van der Waals surface area contributed by atoms with Crippen molar-refractivity contribution < 1.29 is 18.9 Å². The zero-order valence-corrected chi connectivity index (χ0v) is 17.9. The molecule has 7 heteroatoms. The fraction of sp³-hybridized carbons (Fsp3) is 0.700. The monoisotopic (exact) mass is 396 g/mol. The summed E-state index contributed by atoms with van der Waals surface area (Å²) in [7, 11) is -1.98. The number of methoxy groups -OCH3 is 1. The van der Waals surface area contributed by atoms with Crippen molar-refractivity contribution in [1.29, 1.82) is 0 Å². The molecule has 6 nitrogen and oxygen atoms in total. The summed E-state index contributed by atoms with van der Waals surface area (Å²) in [6.45, 7) is 11.8. The summed E-state index contributed by atoms with van der Waals surface area (Å²) in [5.74, 6) is 0.664. The van der Waals surface area contributed by atoms with Crippen LogP contribution in [0, 0.1) is 11.8 Å². The van der Waals surface area contributed by atoms with Crippen molar-refractivity contribution in [2.45, 2.75) is 45.6 Å². The molecule has 0 bridgehead atoms. The Morgan fingerprint density at radius 3 is 2.00 bits per heavy atom. The van der Waals surface area contributed by atoms with Gasteiger partial charge in [-0.1, -0.05) is 0 Å². The van der Waals surface area contributed by atoms with E-state index >= 15 is 0 Å². The molecule has 3 fully saturated rings. The van der Waals surface area contributed by atoms with Gasteiger partial charge in [-0.25, -0.2) is 0 Å². The average Bonchev–Trinajstić information content (AvgIpc) is 3.26. The Morgan fingerprint density at radius 1 is 1.00 bits per heavy atom. The standard InChI is InChI=1S/C20H33N2O4P/c1-14(2)17-12-25-27(20(23)16-8-6-7-9-19(16)24-5)21(17)10-11-22(27)18(13-26-27)15(3)4/h6-9,14-15,17-18,20,23H,10-13H2,1-5H3/t17-,18-,20-/m1/s1. The van der Waals surface area contributed by atoms with E-state index in [0.717, 1.165) is 18.7 Å². The average molecular weight is 396 g/mol. The van der Waals surface area contributed by atoms with E-state index in [2.05, 4.69) is 37.0 Å². The Kier molecular flexibility index (Phi) is 4.82. The van der Waals surface area contributed by atoms with Gasteiger partial charge in [-0.2, -0.15) is 0 Å². The first-order valence-corrected chi connectivity index (χ1v) is 12.1. The van der Waals surface area contributed by atoms with Crippen molar-refractivity contribution in [3.8, 4) is 5.75 Å². The van der Waals surface area contributed by atoms with E-state index < -0.39 is 13.2 Å². The second-order valence-electron chi connectivity index (χ2n) is 8.59.